The number of hydrogen-bond acceptors (Lipinski definition) is 1. The van der Waals surface area contributed by atoms with Crippen molar-refractivity contribution in [2.75, 3.05) is 0 Å². The highest BCUT2D eigenvalue weighted by molar-refractivity contribution is 5.18. The Morgan fingerprint density at radius 3 is 2.50 bits per heavy atom. The van der Waals surface area contributed by atoms with Crippen molar-refractivity contribution >= 4 is 0 Å². The molecule has 12 heavy (non-hydrogen) atoms. The summed E-state index contributed by atoms with van der Waals surface area (Å²) in [4.78, 5) is 0. The van der Waals surface area contributed by atoms with Crippen molar-refractivity contribution in [3.63, 3.8) is 0 Å². The van der Waals surface area contributed by atoms with E-state index < -0.39 is 0 Å². The molecule has 1 nitrogen and oxygen atoms in total. The van der Waals surface area contributed by atoms with Crippen LogP contribution in [0.3, 0.4) is 0 Å². The zero-order chi connectivity index (χ0) is 8.65. The van der Waals surface area contributed by atoms with Crippen molar-refractivity contribution in [3.05, 3.63) is 60.3 Å². The summed E-state index contributed by atoms with van der Waals surface area (Å²) < 4.78 is 0. The molecule has 1 aromatic carbocycles. The molecule has 0 amide bonds. The Balaban J connectivity index is 2.43. The molecule has 1 aromatic rings. The maximum atomic E-state index is 5.18. The SMILES string of the molecule is N/C=C\C=C/Cc1ccccc1. The Bertz CT molecular complexity index is 260. The summed E-state index contributed by atoms with van der Waals surface area (Å²) in [6, 6.07) is 10.3. The molecule has 1 heteroatoms. The van der Waals surface area contributed by atoms with Gasteiger partial charge in [0, 0.05) is 0 Å². The Morgan fingerprint density at radius 2 is 1.83 bits per heavy atom. The minimum absolute atomic E-state index is 0.963. The highest BCUT2D eigenvalue weighted by atomic mass is 14.5. The van der Waals surface area contributed by atoms with Gasteiger partial charge in [-0.2, -0.15) is 0 Å². The van der Waals surface area contributed by atoms with Crippen molar-refractivity contribution < 1.29 is 0 Å². The summed E-state index contributed by atoms with van der Waals surface area (Å²) in [7, 11) is 0. The maximum absolute atomic E-state index is 5.18. The van der Waals surface area contributed by atoms with E-state index in [1.807, 2.05) is 30.4 Å². The number of hydrogen-bond donors (Lipinski definition) is 1. The molecular weight excluding hydrogens is 146 g/mol. The van der Waals surface area contributed by atoms with E-state index in [9.17, 15) is 0 Å². The fourth-order valence-electron chi connectivity index (χ4n) is 0.961. The maximum Gasteiger partial charge on any atom is -0.00625 e. The van der Waals surface area contributed by atoms with Crippen molar-refractivity contribution in [1.82, 2.24) is 0 Å². The van der Waals surface area contributed by atoms with Crippen molar-refractivity contribution in [1.29, 1.82) is 0 Å². The van der Waals surface area contributed by atoms with Gasteiger partial charge in [-0.05, 0) is 24.3 Å². The largest absolute Gasteiger partial charge is 0.405 e. The molecule has 0 aliphatic rings. The summed E-state index contributed by atoms with van der Waals surface area (Å²) in [5, 5.41) is 0. The predicted molar refractivity (Wildman–Crippen MR) is 52.6 cm³/mol. The van der Waals surface area contributed by atoms with E-state index in [2.05, 4.69) is 18.2 Å². The highest BCUT2D eigenvalue weighted by Gasteiger charge is 1.83. The van der Waals surface area contributed by atoms with Gasteiger partial charge >= 0.3 is 0 Å². The fraction of sp³-hybridized carbons (Fsp3) is 0.0909. The van der Waals surface area contributed by atoms with Crippen molar-refractivity contribution in [2.45, 2.75) is 6.42 Å². The molecule has 0 atom stereocenters. The molecule has 0 saturated heterocycles. The summed E-state index contributed by atoms with van der Waals surface area (Å²) in [5.74, 6) is 0. The van der Waals surface area contributed by atoms with E-state index in [-0.39, 0.29) is 0 Å². The van der Waals surface area contributed by atoms with Gasteiger partial charge in [0.2, 0.25) is 0 Å². The van der Waals surface area contributed by atoms with Crippen LogP contribution in [0.25, 0.3) is 0 Å². The van der Waals surface area contributed by atoms with Crippen LogP contribution in [0, 0.1) is 0 Å². The minimum atomic E-state index is 0.963. The van der Waals surface area contributed by atoms with Crippen LogP contribution in [0.5, 0.6) is 0 Å². The number of rotatable bonds is 3. The highest BCUT2D eigenvalue weighted by Crippen LogP contribution is 1.99. The summed E-state index contributed by atoms with van der Waals surface area (Å²) in [6.45, 7) is 0. The average Bonchev–Trinajstić information content (AvgIpc) is 2.14. The lowest BCUT2D eigenvalue weighted by Gasteiger charge is -1.92. The summed E-state index contributed by atoms with van der Waals surface area (Å²) in [5.41, 5.74) is 6.49. The third-order valence-corrected chi connectivity index (χ3v) is 1.55. The van der Waals surface area contributed by atoms with Gasteiger partial charge in [0.15, 0.2) is 0 Å². The second-order valence-electron chi connectivity index (χ2n) is 2.50. The zero-order valence-electron chi connectivity index (χ0n) is 6.98. The molecule has 0 aliphatic heterocycles. The standard InChI is InChI=1S/C11H13N/c12-10-6-2-5-9-11-7-3-1-4-8-11/h1-8,10H,9,12H2/b5-2-,10-6-. The van der Waals surface area contributed by atoms with Gasteiger partial charge in [-0.25, -0.2) is 0 Å². The van der Waals surface area contributed by atoms with Gasteiger partial charge in [0.1, 0.15) is 0 Å². The Labute approximate surface area is 73.2 Å². The van der Waals surface area contributed by atoms with E-state index in [0.29, 0.717) is 0 Å². The van der Waals surface area contributed by atoms with E-state index in [0.717, 1.165) is 6.42 Å². The third-order valence-electron chi connectivity index (χ3n) is 1.55. The fourth-order valence-corrected chi connectivity index (χ4v) is 0.961. The topological polar surface area (TPSA) is 26.0 Å². The predicted octanol–water partition coefficient (Wildman–Crippen LogP) is 2.26. The lowest BCUT2D eigenvalue weighted by atomic mass is 10.1. The van der Waals surface area contributed by atoms with Crippen molar-refractivity contribution in [3.8, 4) is 0 Å². The molecule has 0 unspecified atom stereocenters. The van der Waals surface area contributed by atoms with Crippen molar-refractivity contribution in [2.24, 2.45) is 5.73 Å². The van der Waals surface area contributed by atoms with Crippen LogP contribution in [0.15, 0.2) is 54.8 Å². The molecule has 0 bridgehead atoms. The molecule has 0 radical (unpaired) electrons. The lowest BCUT2D eigenvalue weighted by Crippen LogP contribution is -1.78. The van der Waals surface area contributed by atoms with Crippen LogP contribution < -0.4 is 5.73 Å². The smallest absolute Gasteiger partial charge is 0.00625 e. The van der Waals surface area contributed by atoms with Gasteiger partial charge in [-0.3, -0.25) is 0 Å². The molecule has 0 fully saturated rings. The van der Waals surface area contributed by atoms with Gasteiger partial charge in [0.05, 0.1) is 0 Å². The Morgan fingerprint density at radius 1 is 1.08 bits per heavy atom. The molecule has 0 saturated carbocycles. The minimum Gasteiger partial charge on any atom is -0.405 e. The lowest BCUT2D eigenvalue weighted by molar-refractivity contribution is 1.27. The number of benzene rings is 1. The molecule has 0 aliphatic carbocycles. The molecule has 0 spiro atoms. The number of allylic oxidation sites excluding steroid dienone is 3. The van der Waals surface area contributed by atoms with E-state index in [1.54, 1.807) is 0 Å². The van der Waals surface area contributed by atoms with E-state index >= 15 is 0 Å². The molecular formula is C11H13N. The Kier molecular flexibility index (Phi) is 3.72. The van der Waals surface area contributed by atoms with E-state index in [1.165, 1.54) is 11.8 Å². The number of nitrogens with two attached hydrogens (primary N) is 1. The second-order valence-corrected chi connectivity index (χ2v) is 2.50. The average molecular weight is 159 g/mol. The van der Waals surface area contributed by atoms with Gasteiger partial charge in [0.25, 0.3) is 0 Å². The Hall–Kier alpha value is -1.50. The quantitative estimate of drug-likeness (QED) is 0.672. The monoisotopic (exact) mass is 159 g/mol. The zero-order valence-corrected chi connectivity index (χ0v) is 6.98. The first-order chi connectivity index (χ1) is 5.93. The first kappa shape index (κ1) is 8.60. The first-order valence-electron chi connectivity index (χ1n) is 4.01. The third kappa shape index (κ3) is 3.06. The van der Waals surface area contributed by atoms with E-state index in [4.69, 9.17) is 5.73 Å². The second kappa shape index (κ2) is 5.19. The molecule has 62 valence electrons. The van der Waals surface area contributed by atoms with Crippen LogP contribution in [-0.2, 0) is 6.42 Å². The van der Waals surface area contributed by atoms with Gasteiger partial charge in [-0.15, -0.1) is 0 Å². The molecule has 1 rings (SSSR count). The van der Waals surface area contributed by atoms with Gasteiger partial charge in [-0.1, -0.05) is 42.5 Å². The van der Waals surface area contributed by atoms with Crippen LogP contribution in [0.2, 0.25) is 0 Å². The van der Waals surface area contributed by atoms with Crippen LogP contribution >= 0.6 is 0 Å². The van der Waals surface area contributed by atoms with Crippen LogP contribution in [0.4, 0.5) is 0 Å². The van der Waals surface area contributed by atoms with Gasteiger partial charge < -0.3 is 5.73 Å². The van der Waals surface area contributed by atoms with Crippen LogP contribution in [-0.4, -0.2) is 0 Å². The summed E-state index contributed by atoms with van der Waals surface area (Å²) in [6.07, 6.45) is 8.35. The molecule has 0 aromatic heterocycles. The molecule has 2 N–H and O–H groups in total. The van der Waals surface area contributed by atoms with Crippen LogP contribution in [0.1, 0.15) is 5.56 Å². The normalized spacial score (nSPS) is 11.3. The summed E-state index contributed by atoms with van der Waals surface area (Å²) >= 11 is 0. The molecule has 0 heterocycles. The first-order valence-corrected chi connectivity index (χ1v) is 4.01.